The average Bonchev–Trinajstić information content (AvgIpc) is 2.69. The van der Waals surface area contributed by atoms with Crippen molar-refractivity contribution in [1.29, 1.82) is 0 Å². The maximum absolute atomic E-state index is 11.9. The lowest BCUT2D eigenvalue weighted by Gasteiger charge is -2.25. The van der Waals surface area contributed by atoms with Crippen molar-refractivity contribution >= 4 is 35.3 Å². The molecule has 1 heterocycles. The van der Waals surface area contributed by atoms with Crippen molar-refractivity contribution in [2.45, 2.75) is 6.61 Å². The fourth-order valence-electron chi connectivity index (χ4n) is 2.63. The van der Waals surface area contributed by atoms with Gasteiger partial charge in [0.15, 0.2) is 0 Å². The number of morpholine rings is 1. The number of hydrogen-bond acceptors (Lipinski definition) is 5. The zero-order chi connectivity index (χ0) is 19.8. The Morgan fingerprint density at radius 3 is 2.64 bits per heavy atom. The second-order valence-electron chi connectivity index (χ2n) is 6.28. The van der Waals surface area contributed by atoms with Gasteiger partial charge >= 0.3 is 0 Å². The van der Waals surface area contributed by atoms with Crippen LogP contribution in [0.3, 0.4) is 0 Å². The second-order valence-corrected chi connectivity index (χ2v) is 7.12. The van der Waals surface area contributed by atoms with E-state index in [0.717, 1.165) is 24.2 Å². The molecule has 0 bridgehead atoms. The van der Waals surface area contributed by atoms with Gasteiger partial charge in [0, 0.05) is 28.7 Å². The lowest BCUT2D eigenvalue weighted by atomic mass is 10.2. The topological polar surface area (TPSA) is 63.2 Å². The monoisotopic (exact) mass is 421 g/mol. The van der Waals surface area contributed by atoms with Crippen molar-refractivity contribution in [1.82, 2.24) is 10.3 Å². The Bertz CT molecular complexity index is 822. The van der Waals surface area contributed by atoms with E-state index in [1.165, 1.54) is 0 Å². The van der Waals surface area contributed by atoms with Gasteiger partial charge < -0.3 is 9.47 Å². The zero-order valence-corrected chi connectivity index (χ0v) is 16.7. The third-order valence-electron chi connectivity index (χ3n) is 4.16. The smallest absolute Gasteiger partial charge is 0.254 e. The molecule has 2 aromatic rings. The van der Waals surface area contributed by atoms with E-state index in [2.05, 4.69) is 10.5 Å². The number of nitrogens with zero attached hydrogens (tertiary/aromatic N) is 2. The quantitative estimate of drug-likeness (QED) is 0.549. The number of hydrazone groups is 1. The Kier molecular flexibility index (Phi) is 7.68. The molecule has 0 unspecified atom stereocenters. The van der Waals surface area contributed by atoms with Crippen LogP contribution in [-0.2, 0) is 16.1 Å². The second kappa shape index (κ2) is 10.4. The van der Waals surface area contributed by atoms with E-state index in [0.29, 0.717) is 42.2 Å². The molecule has 3 rings (SSSR count). The number of carbonyl (C=O) groups is 1. The van der Waals surface area contributed by atoms with Crippen molar-refractivity contribution in [3.63, 3.8) is 0 Å². The van der Waals surface area contributed by atoms with E-state index in [9.17, 15) is 4.79 Å². The first-order valence-electron chi connectivity index (χ1n) is 8.89. The number of amides is 1. The summed E-state index contributed by atoms with van der Waals surface area (Å²) in [4.78, 5) is 13.9. The normalized spacial score (nSPS) is 14.9. The largest absolute Gasteiger partial charge is 0.489 e. The van der Waals surface area contributed by atoms with Gasteiger partial charge in [0.1, 0.15) is 12.4 Å². The highest BCUT2D eigenvalue weighted by Crippen LogP contribution is 2.22. The molecule has 0 saturated carbocycles. The van der Waals surface area contributed by atoms with Crippen molar-refractivity contribution in [3.8, 4) is 5.75 Å². The van der Waals surface area contributed by atoms with Crippen LogP contribution in [0, 0.1) is 0 Å². The van der Waals surface area contributed by atoms with Gasteiger partial charge in [0.25, 0.3) is 5.91 Å². The summed E-state index contributed by atoms with van der Waals surface area (Å²) >= 11 is 12.0. The van der Waals surface area contributed by atoms with Crippen molar-refractivity contribution in [2.75, 3.05) is 32.8 Å². The van der Waals surface area contributed by atoms with Crippen LogP contribution in [0.25, 0.3) is 0 Å². The Balaban J connectivity index is 1.44. The van der Waals surface area contributed by atoms with E-state index < -0.39 is 0 Å². The van der Waals surface area contributed by atoms with Gasteiger partial charge in [-0.1, -0.05) is 29.3 Å². The summed E-state index contributed by atoms with van der Waals surface area (Å²) in [5, 5.41) is 5.16. The Labute approximate surface area is 174 Å². The minimum Gasteiger partial charge on any atom is -0.489 e. The van der Waals surface area contributed by atoms with Gasteiger partial charge in [-0.3, -0.25) is 9.69 Å². The van der Waals surface area contributed by atoms with Crippen molar-refractivity contribution in [2.24, 2.45) is 5.10 Å². The van der Waals surface area contributed by atoms with E-state index in [1.54, 1.807) is 18.3 Å². The minimum absolute atomic E-state index is 0.141. The molecule has 8 heteroatoms. The van der Waals surface area contributed by atoms with Gasteiger partial charge in [0.2, 0.25) is 0 Å². The molecule has 0 aliphatic carbocycles. The third-order valence-corrected chi connectivity index (χ3v) is 4.75. The molecule has 148 valence electrons. The zero-order valence-electron chi connectivity index (χ0n) is 15.2. The predicted molar refractivity (Wildman–Crippen MR) is 110 cm³/mol. The van der Waals surface area contributed by atoms with Crippen LogP contribution in [0.5, 0.6) is 5.75 Å². The Hall–Kier alpha value is -2.12. The number of hydrogen-bond donors (Lipinski definition) is 1. The number of carbonyl (C=O) groups excluding carboxylic acids is 1. The van der Waals surface area contributed by atoms with E-state index in [1.807, 2.05) is 35.2 Å². The predicted octanol–water partition coefficient (Wildman–Crippen LogP) is 3.35. The molecular formula is C20H21Cl2N3O3. The molecule has 1 aliphatic rings. The Morgan fingerprint density at radius 2 is 1.93 bits per heavy atom. The molecule has 1 amide bonds. The maximum atomic E-state index is 11.9. The van der Waals surface area contributed by atoms with E-state index in [4.69, 9.17) is 32.7 Å². The van der Waals surface area contributed by atoms with E-state index >= 15 is 0 Å². The number of ether oxygens (including phenoxy) is 2. The summed E-state index contributed by atoms with van der Waals surface area (Å²) in [6, 6.07) is 12.7. The summed E-state index contributed by atoms with van der Waals surface area (Å²) in [6.07, 6.45) is 1.59. The van der Waals surface area contributed by atoms with Gasteiger partial charge in [-0.25, -0.2) is 5.43 Å². The molecule has 28 heavy (non-hydrogen) atoms. The first-order chi connectivity index (χ1) is 13.6. The molecule has 1 aliphatic heterocycles. The lowest BCUT2D eigenvalue weighted by molar-refractivity contribution is -0.123. The van der Waals surface area contributed by atoms with Gasteiger partial charge in [-0.05, 0) is 42.0 Å². The SMILES string of the molecule is O=C(CN1CCOCC1)N/N=C\c1ccc(OCc2ccc(Cl)cc2Cl)cc1. The highest BCUT2D eigenvalue weighted by molar-refractivity contribution is 6.35. The first-order valence-corrected chi connectivity index (χ1v) is 9.64. The van der Waals surface area contributed by atoms with Crippen LogP contribution in [0.2, 0.25) is 10.0 Å². The van der Waals surface area contributed by atoms with Crippen LogP contribution in [0.15, 0.2) is 47.6 Å². The highest BCUT2D eigenvalue weighted by Gasteiger charge is 2.13. The fraction of sp³-hybridized carbons (Fsp3) is 0.300. The molecule has 6 nitrogen and oxygen atoms in total. The van der Waals surface area contributed by atoms with Gasteiger partial charge in [0.05, 0.1) is 26.0 Å². The van der Waals surface area contributed by atoms with Crippen LogP contribution in [0.4, 0.5) is 0 Å². The molecule has 1 N–H and O–H groups in total. The first kappa shape index (κ1) is 20.6. The molecule has 1 saturated heterocycles. The number of halogens is 2. The van der Waals surface area contributed by atoms with Crippen molar-refractivity contribution in [3.05, 3.63) is 63.6 Å². The van der Waals surface area contributed by atoms with Crippen LogP contribution in [-0.4, -0.2) is 49.9 Å². The summed E-state index contributed by atoms with van der Waals surface area (Å²) in [7, 11) is 0. The summed E-state index contributed by atoms with van der Waals surface area (Å²) in [5.74, 6) is 0.567. The fourth-order valence-corrected chi connectivity index (χ4v) is 3.09. The molecule has 1 fully saturated rings. The Morgan fingerprint density at radius 1 is 1.18 bits per heavy atom. The molecule has 2 aromatic carbocycles. The molecule has 0 aromatic heterocycles. The summed E-state index contributed by atoms with van der Waals surface area (Å²) < 4.78 is 11.0. The lowest BCUT2D eigenvalue weighted by Crippen LogP contribution is -2.42. The number of benzene rings is 2. The molecule has 0 radical (unpaired) electrons. The van der Waals surface area contributed by atoms with Gasteiger partial charge in [-0.2, -0.15) is 5.10 Å². The molecular weight excluding hydrogens is 401 g/mol. The van der Waals surface area contributed by atoms with Crippen LogP contribution in [0.1, 0.15) is 11.1 Å². The van der Waals surface area contributed by atoms with Crippen molar-refractivity contribution < 1.29 is 14.3 Å². The van der Waals surface area contributed by atoms with Crippen LogP contribution >= 0.6 is 23.2 Å². The highest BCUT2D eigenvalue weighted by atomic mass is 35.5. The number of nitrogens with one attached hydrogen (secondary N) is 1. The maximum Gasteiger partial charge on any atom is 0.254 e. The molecule has 0 atom stereocenters. The van der Waals surface area contributed by atoms with E-state index in [-0.39, 0.29) is 5.91 Å². The average molecular weight is 422 g/mol. The van der Waals surface area contributed by atoms with Crippen LogP contribution < -0.4 is 10.2 Å². The standard InChI is InChI=1S/C20H21Cl2N3O3/c21-17-4-3-16(19(22)11-17)14-28-18-5-1-15(2-6-18)12-23-24-20(26)13-25-7-9-27-10-8-25/h1-6,11-12H,7-10,13-14H2,(H,24,26)/b23-12-. The number of rotatable bonds is 7. The summed E-state index contributed by atoms with van der Waals surface area (Å²) in [5.41, 5.74) is 4.25. The van der Waals surface area contributed by atoms with Gasteiger partial charge in [-0.15, -0.1) is 0 Å². The summed E-state index contributed by atoms with van der Waals surface area (Å²) in [6.45, 7) is 3.52. The third kappa shape index (κ3) is 6.49. The molecule has 0 spiro atoms. The minimum atomic E-state index is -0.141.